The van der Waals surface area contributed by atoms with Gasteiger partial charge in [0.25, 0.3) is 5.69 Å². The number of nitrogens with zero attached hydrogens (tertiary/aromatic N) is 2. The molecule has 1 amide bonds. The average molecular weight is 396 g/mol. The van der Waals surface area contributed by atoms with Gasteiger partial charge in [-0.05, 0) is 23.8 Å². The van der Waals surface area contributed by atoms with E-state index >= 15 is 0 Å². The molecule has 1 saturated heterocycles. The number of benzene rings is 2. The number of hydrogen-bond acceptors (Lipinski definition) is 7. The normalized spacial score (nSPS) is 17.0. The van der Waals surface area contributed by atoms with Gasteiger partial charge in [0, 0.05) is 31.3 Å². The van der Waals surface area contributed by atoms with Crippen LogP contribution in [0.4, 0.5) is 10.5 Å². The number of carbonyl (C=O) groups is 2. The van der Waals surface area contributed by atoms with E-state index in [1.165, 1.54) is 47.4 Å². The first-order valence-corrected chi connectivity index (χ1v) is 8.88. The molecule has 0 spiro atoms. The van der Waals surface area contributed by atoms with Crippen molar-refractivity contribution < 1.29 is 28.7 Å². The first kappa shape index (κ1) is 18.6. The van der Waals surface area contributed by atoms with E-state index in [1.807, 2.05) is 0 Å². The summed E-state index contributed by atoms with van der Waals surface area (Å²) in [5.41, 5.74) is 0.710. The van der Waals surface area contributed by atoms with Crippen molar-refractivity contribution in [1.29, 1.82) is 0 Å². The van der Waals surface area contributed by atoms with Gasteiger partial charge in [-0.3, -0.25) is 14.9 Å². The Labute approximate surface area is 165 Å². The van der Waals surface area contributed by atoms with Gasteiger partial charge in [-0.2, -0.15) is 0 Å². The highest BCUT2D eigenvalue weighted by molar-refractivity contribution is 6.14. The third kappa shape index (κ3) is 3.94. The van der Waals surface area contributed by atoms with Gasteiger partial charge in [-0.1, -0.05) is 12.1 Å². The summed E-state index contributed by atoms with van der Waals surface area (Å²) in [5.74, 6) is 0.207. The third-order valence-electron chi connectivity index (χ3n) is 4.49. The van der Waals surface area contributed by atoms with Gasteiger partial charge in [0.05, 0.1) is 23.7 Å². The second kappa shape index (κ2) is 7.72. The average Bonchev–Trinajstić information content (AvgIpc) is 3.03. The van der Waals surface area contributed by atoms with Crippen molar-refractivity contribution in [2.45, 2.75) is 0 Å². The lowest BCUT2D eigenvalue weighted by Crippen LogP contribution is -2.42. The van der Waals surface area contributed by atoms with Gasteiger partial charge in [0.2, 0.25) is 5.78 Å². The van der Waals surface area contributed by atoms with Gasteiger partial charge in [0.1, 0.15) is 11.5 Å². The van der Waals surface area contributed by atoms with Crippen LogP contribution >= 0.6 is 0 Å². The number of Topliss-reactive ketones (excluding diaryl/α,β-unsaturated/α-hetero) is 1. The fraction of sp³-hybridized carbons (Fsp3) is 0.200. The highest BCUT2D eigenvalue weighted by atomic mass is 16.6. The monoisotopic (exact) mass is 396 g/mol. The molecule has 0 N–H and O–H groups in total. The molecule has 0 atom stereocenters. The molecule has 1 fully saturated rings. The van der Waals surface area contributed by atoms with Crippen molar-refractivity contribution in [3.8, 4) is 11.5 Å². The Bertz CT molecular complexity index is 1030. The molecule has 4 rings (SSSR count). The van der Waals surface area contributed by atoms with Gasteiger partial charge >= 0.3 is 6.09 Å². The second-order valence-electron chi connectivity index (χ2n) is 6.42. The molecule has 148 valence electrons. The lowest BCUT2D eigenvalue weighted by molar-refractivity contribution is -0.384. The van der Waals surface area contributed by atoms with Crippen LogP contribution in [0.1, 0.15) is 15.9 Å². The molecule has 2 aliphatic heterocycles. The molecule has 2 aromatic carbocycles. The third-order valence-corrected chi connectivity index (χ3v) is 4.49. The van der Waals surface area contributed by atoms with E-state index < -0.39 is 11.0 Å². The largest absolute Gasteiger partial charge is 0.452 e. The van der Waals surface area contributed by atoms with Crippen LogP contribution in [0.3, 0.4) is 0 Å². The molecule has 0 aliphatic carbocycles. The molecule has 0 unspecified atom stereocenters. The van der Waals surface area contributed by atoms with Crippen LogP contribution in [-0.2, 0) is 4.74 Å². The Morgan fingerprint density at radius 3 is 2.72 bits per heavy atom. The number of nitro groups is 1. The van der Waals surface area contributed by atoms with Gasteiger partial charge in [-0.25, -0.2) is 4.79 Å². The first-order valence-electron chi connectivity index (χ1n) is 8.88. The number of amides is 1. The Morgan fingerprint density at radius 1 is 1.17 bits per heavy atom. The number of hydrogen-bond donors (Lipinski definition) is 0. The van der Waals surface area contributed by atoms with Gasteiger partial charge in [-0.15, -0.1) is 0 Å². The van der Waals surface area contributed by atoms with Crippen LogP contribution < -0.4 is 9.47 Å². The van der Waals surface area contributed by atoms with Gasteiger partial charge < -0.3 is 19.1 Å². The molecule has 0 bridgehead atoms. The van der Waals surface area contributed by atoms with E-state index in [0.29, 0.717) is 37.4 Å². The minimum atomic E-state index is -0.511. The molecular formula is C20H16N2O7. The smallest absolute Gasteiger partial charge is 0.415 e. The van der Waals surface area contributed by atoms with E-state index in [9.17, 15) is 19.7 Å². The Morgan fingerprint density at radius 2 is 1.97 bits per heavy atom. The molecule has 2 heterocycles. The van der Waals surface area contributed by atoms with Crippen LogP contribution in [-0.4, -0.2) is 48.0 Å². The maximum Gasteiger partial charge on any atom is 0.415 e. The summed E-state index contributed by atoms with van der Waals surface area (Å²) >= 11 is 0. The second-order valence-corrected chi connectivity index (χ2v) is 6.42. The van der Waals surface area contributed by atoms with Crippen LogP contribution in [0.25, 0.3) is 6.08 Å². The molecule has 2 aromatic rings. The van der Waals surface area contributed by atoms with Crippen molar-refractivity contribution in [3.63, 3.8) is 0 Å². The first-order chi connectivity index (χ1) is 14.0. The Balaban J connectivity index is 1.51. The zero-order valence-electron chi connectivity index (χ0n) is 15.2. The maximum absolute atomic E-state index is 12.5. The molecule has 0 radical (unpaired) electrons. The number of non-ortho nitro benzene ring substituents is 1. The predicted molar refractivity (Wildman–Crippen MR) is 101 cm³/mol. The van der Waals surface area contributed by atoms with Crippen LogP contribution in [0.15, 0.2) is 48.2 Å². The van der Waals surface area contributed by atoms with Crippen molar-refractivity contribution in [3.05, 3.63) is 69.5 Å². The van der Waals surface area contributed by atoms with E-state index in [2.05, 4.69) is 0 Å². The number of nitro benzene ring substituents is 1. The van der Waals surface area contributed by atoms with Crippen molar-refractivity contribution in [1.82, 2.24) is 4.90 Å². The summed E-state index contributed by atoms with van der Waals surface area (Å²) < 4.78 is 16.2. The number of allylic oxidation sites excluding steroid dienone is 1. The van der Waals surface area contributed by atoms with E-state index in [4.69, 9.17) is 14.2 Å². The molecular weight excluding hydrogens is 380 g/mol. The SMILES string of the molecule is O=C1/C(=C/c2cccc([N+](=O)[O-])c2)Oc2cc(OC(=O)N3CCOCC3)ccc21. The minimum Gasteiger partial charge on any atom is -0.452 e. The number of fused-ring (bicyclic) bond motifs is 1. The summed E-state index contributed by atoms with van der Waals surface area (Å²) in [5, 5.41) is 10.9. The fourth-order valence-electron chi connectivity index (χ4n) is 3.02. The highest BCUT2D eigenvalue weighted by Gasteiger charge is 2.28. The van der Waals surface area contributed by atoms with Crippen molar-refractivity contribution in [2.75, 3.05) is 26.3 Å². The summed E-state index contributed by atoms with van der Waals surface area (Å²) in [4.78, 5) is 36.7. The van der Waals surface area contributed by atoms with Crippen molar-refractivity contribution in [2.24, 2.45) is 0 Å². The zero-order chi connectivity index (χ0) is 20.4. The highest BCUT2D eigenvalue weighted by Crippen LogP contribution is 2.35. The number of rotatable bonds is 3. The molecule has 0 aromatic heterocycles. The molecule has 2 aliphatic rings. The van der Waals surface area contributed by atoms with E-state index in [0.717, 1.165) is 0 Å². The summed E-state index contributed by atoms with van der Waals surface area (Å²) in [7, 11) is 0. The van der Waals surface area contributed by atoms with E-state index in [1.54, 1.807) is 6.07 Å². The summed E-state index contributed by atoms with van der Waals surface area (Å²) in [6.45, 7) is 1.83. The maximum atomic E-state index is 12.5. The quantitative estimate of drug-likeness (QED) is 0.446. The topological polar surface area (TPSA) is 108 Å². The summed E-state index contributed by atoms with van der Waals surface area (Å²) in [6.07, 6.45) is 0.944. The van der Waals surface area contributed by atoms with Crippen LogP contribution in [0.5, 0.6) is 11.5 Å². The predicted octanol–water partition coefficient (Wildman–Crippen LogP) is 3.04. The molecule has 9 nitrogen and oxygen atoms in total. The fourth-order valence-corrected chi connectivity index (χ4v) is 3.02. The number of ether oxygens (including phenoxy) is 3. The lowest BCUT2D eigenvalue weighted by Gasteiger charge is -2.25. The Kier molecular flexibility index (Phi) is 4.96. The standard InChI is InChI=1S/C20H16N2O7/c23-19-16-5-4-15(28-20(24)21-6-8-27-9-7-21)12-17(16)29-18(19)11-13-2-1-3-14(10-13)22(25)26/h1-5,10-12H,6-9H2/b18-11-. The van der Waals surface area contributed by atoms with E-state index in [-0.39, 0.29) is 28.7 Å². The van der Waals surface area contributed by atoms with Crippen LogP contribution in [0, 0.1) is 10.1 Å². The van der Waals surface area contributed by atoms with Gasteiger partial charge in [0.15, 0.2) is 5.76 Å². The molecule has 29 heavy (non-hydrogen) atoms. The Hall–Kier alpha value is -3.72. The summed E-state index contributed by atoms with van der Waals surface area (Å²) in [6, 6.07) is 10.4. The number of carbonyl (C=O) groups excluding carboxylic acids is 2. The molecule has 0 saturated carbocycles. The minimum absolute atomic E-state index is 0.0390. The zero-order valence-corrected chi connectivity index (χ0v) is 15.2. The lowest BCUT2D eigenvalue weighted by atomic mass is 10.1. The number of ketones is 1. The number of morpholine rings is 1. The van der Waals surface area contributed by atoms with Crippen LogP contribution in [0.2, 0.25) is 0 Å². The van der Waals surface area contributed by atoms with Crippen molar-refractivity contribution >= 4 is 23.6 Å². The molecule has 9 heteroatoms.